The van der Waals surface area contributed by atoms with Gasteiger partial charge in [0.25, 0.3) is 0 Å². The van der Waals surface area contributed by atoms with Gasteiger partial charge >= 0.3 is 6.09 Å². The third-order valence-corrected chi connectivity index (χ3v) is 2.17. The maximum Gasteiger partial charge on any atom is 0.407 e. The third kappa shape index (κ3) is 4.46. The molecular formula is C10H20N2O2. The van der Waals surface area contributed by atoms with Crippen molar-refractivity contribution in [1.29, 1.82) is 0 Å². The summed E-state index contributed by atoms with van der Waals surface area (Å²) in [4.78, 5) is 11.3. The van der Waals surface area contributed by atoms with Crippen LogP contribution in [0, 0.1) is 5.92 Å². The molecule has 1 heterocycles. The number of carbonyl (C=O) groups excluding carboxylic acids is 1. The lowest BCUT2D eigenvalue weighted by Gasteiger charge is -2.23. The standard InChI is InChI=1S/C10H20N2O2/c1-8(2)7-14-10(13)12-9-4-3-5-11-6-9/h8-9,11H,3-7H2,1-2H3,(H,12,13)/t9-/m0/s1. The van der Waals surface area contributed by atoms with E-state index in [9.17, 15) is 4.79 Å². The number of ether oxygens (including phenoxy) is 1. The predicted molar refractivity (Wildman–Crippen MR) is 55.2 cm³/mol. The Morgan fingerprint density at radius 3 is 3.00 bits per heavy atom. The average molecular weight is 200 g/mol. The van der Waals surface area contributed by atoms with Crippen molar-refractivity contribution in [3.63, 3.8) is 0 Å². The highest BCUT2D eigenvalue weighted by atomic mass is 16.5. The van der Waals surface area contributed by atoms with Gasteiger partial charge in [0.2, 0.25) is 0 Å². The first-order valence-electron chi connectivity index (χ1n) is 5.32. The number of hydrogen-bond donors (Lipinski definition) is 2. The minimum Gasteiger partial charge on any atom is -0.449 e. The highest BCUT2D eigenvalue weighted by Gasteiger charge is 2.15. The van der Waals surface area contributed by atoms with Crippen LogP contribution in [0.15, 0.2) is 0 Å². The van der Waals surface area contributed by atoms with Crippen molar-refractivity contribution in [3.05, 3.63) is 0 Å². The summed E-state index contributed by atoms with van der Waals surface area (Å²) in [5, 5.41) is 6.09. The molecule has 1 atom stereocenters. The maximum absolute atomic E-state index is 11.3. The van der Waals surface area contributed by atoms with E-state index in [1.54, 1.807) is 0 Å². The van der Waals surface area contributed by atoms with Crippen molar-refractivity contribution in [2.24, 2.45) is 5.92 Å². The van der Waals surface area contributed by atoms with Gasteiger partial charge in [-0.3, -0.25) is 0 Å². The van der Waals surface area contributed by atoms with Crippen LogP contribution in [0.3, 0.4) is 0 Å². The molecule has 0 unspecified atom stereocenters. The Bertz CT molecular complexity index is 177. The average Bonchev–Trinajstić information content (AvgIpc) is 2.16. The van der Waals surface area contributed by atoms with Crippen LogP contribution >= 0.6 is 0 Å². The number of piperidine rings is 1. The summed E-state index contributed by atoms with van der Waals surface area (Å²) in [7, 11) is 0. The minimum absolute atomic E-state index is 0.239. The normalized spacial score (nSPS) is 22.1. The second kappa shape index (κ2) is 5.86. The zero-order valence-corrected chi connectivity index (χ0v) is 9.01. The summed E-state index contributed by atoms with van der Waals surface area (Å²) in [6.07, 6.45) is 1.88. The fourth-order valence-electron chi connectivity index (χ4n) is 1.43. The van der Waals surface area contributed by atoms with Crippen molar-refractivity contribution in [1.82, 2.24) is 10.6 Å². The van der Waals surface area contributed by atoms with Crippen LogP contribution in [0.4, 0.5) is 4.79 Å². The molecular weight excluding hydrogens is 180 g/mol. The molecule has 1 aliphatic rings. The Morgan fingerprint density at radius 2 is 2.43 bits per heavy atom. The van der Waals surface area contributed by atoms with E-state index < -0.39 is 0 Å². The lowest BCUT2D eigenvalue weighted by atomic mass is 10.1. The Kier molecular flexibility index (Phi) is 4.73. The fourth-order valence-corrected chi connectivity index (χ4v) is 1.43. The topological polar surface area (TPSA) is 50.4 Å². The van der Waals surface area contributed by atoms with Gasteiger partial charge in [-0.25, -0.2) is 4.79 Å². The molecule has 0 spiro atoms. The van der Waals surface area contributed by atoms with Gasteiger partial charge in [-0.1, -0.05) is 13.8 Å². The van der Waals surface area contributed by atoms with Crippen molar-refractivity contribution in [3.8, 4) is 0 Å². The van der Waals surface area contributed by atoms with E-state index >= 15 is 0 Å². The van der Waals surface area contributed by atoms with Crippen LogP contribution in [-0.4, -0.2) is 31.8 Å². The Morgan fingerprint density at radius 1 is 1.64 bits per heavy atom. The predicted octanol–water partition coefficient (Wildman–Crippen LogP) is 1.12. The van der Waals surface area contributed by atoms with Gasteiger partial charge in [0.1, 0.15) is 0 Å². The number of carbonyl (C=O) groups is 1. The molecule has 0 aliphatic carbocycles. The minimum atomic E-state index is -0.285. The highest BCUT2D eigenvalue weighted by molar-refractivity contribution is 5.67. The van der Waals surface area contributed by atoms with Crippen LogP contribution in [0.25, 0.3) is 0 Å². The van der Waals surface area contributed by atoms with Crippen molar-refractivity contribution in [2.75, 3.05) is 19.7 Å². The van der Waals surface area contributed by atoms with E-state index in [1.807, 2.05) is 13.8 Å². The molecule has 0 aromatic heterocycles. The van der Waals surface area contributed by atoms with Crippen molar-refractivity contribution < 1.29 is 9.53 Å². The monoisotopic (exact) mass is 200 g/mol. The number of amides is 1. The summed E-state index contributed by atoms with van der Waals surface area (Å²) in [6, 6.07) is 0.239. The van der Waals surface area contributed by atoms with Gasteiger partial charge in [-0.05, 0) is 25.3 Å². The fraction of sp³-hybridized carbons (Fsp3) is 0.900. The lowest BCUT2D eigenvalue weighted by Crippen LogP contribution is -2.45. The lowest BCUT2D eigenvalue weighted by molar-refractivity contribution is 0.127. The van der Waals surface area contributed by atoms with Crippen LogP contribution < -0.4 is 10.6 Å². The van der Waals surface area contributed by atoms with E-state index in [0.29, 0.717) is 12.5 Å². The van der Waals surface area contributed by atoms with Crippen molar-refractivity contribution >= 4 is 6.09 Å². The summed E-state index contributed by atoms with van der Waals surface area (Å²) >= 11 is 0. The van der Waals surface area contributed by atoms with E-state index in [0.717, 1.165) is 25.9 Å². The first-order chi connectivity index (χ1) is 6.68. The quantitative estimate of drug-likeness (QED) is 0.717. The largest absolute Gasteiger partial charge is 0.449 e. The van der Waals surface area contributed by atoms with Crippen LogP contribution in [0.1, 0.15) is 26.7 Å². The van der Waals surface area contributed by atoms with Gasteiger partial charge < -0.3 is 15.4 Å². The van der Waals surface area contributed by atoms with Crippen LogP contribution in [-0.2, 0) is 4.74 Å². The first-order valence-corrected chi connectivity index (χ1v) is 5.32. The Hall–Kier alpha value is -0.770. The number of nitrogens with one attached hydrogen (secondary N) is 2. The molecule has 0 radical (unpaired) electrons. The second-order valence-corrected chi connectivity index (χ2v) is 4.18. The molecule has 14 heavy (non-hydrogen) atoms. The molecule has 1 rings (SSSR count). The Labute approximate surface area is 85.4 Å². The molecule has 4 nitrogen and oxygen atoms in total. The Balaban J connectivity index is 2.12. The van der Waals surface area contributed by atoms with Gasteiger partial charge in [-0.2, -0.15) is 0 Å². The summed E-state index contributed by atoms with van der Waals surface area (Å²) in [5.74, 6) is 0.394. The van der Waals surface area contributed by atoms with Crippen LogP contribution in [0.5, 0.6) is 0 Å². The van der Waals surface area contributed by atoms with Gasteiger partial charge in [0, 0.05) is 12.6 Å². The second-order valence-electron chi connectivity index (χ2n) is 4.18. The first kappa shape index (κ1) is 11.3. The van der Waals surface area contributed by atoms with Gasteiger partial charge in [0.15, 0.2) is 0 Å². The molecule has 1 amide bonds. The zero-order chi connectivity index (χ0) is 10.4. The van der Waals surface area contributed by atoms with E-state index in [1.165, 1.54) is 0 Å². The molecule has 0 saturated carbocycles. The molecule has 1 saturated heterocycles. The molecule has 0 bridgehead atoms. The summed E-state index contributed by atoms with van der Waals surface area (Å²) in [6.45, 7) is 6.45. The number of hydrogen-bond acceptors (Lipinski definition) is 3. The van der Waals surface area contributed by atoms with Gasteiger partial charge in [0.05, 0.1) is 6.61 Å². The van der Waals surface area contributed by atoms with Crippen LogP contribution in [0.2, 0.25) is 0 Å². The molecule has 0 aromatic rings. The highest BCUT2D eigenvalue weighted by Crippen LogP contribution is 2.01. The smallest absolute Gasteiger partial charge is 0.407 e. The number of alkyl carbamates (subject to hydrolysis) is 1. The molecule has 1 fully saturated rings. The molecule has 82 valence electrons. The third-order valence-electron chi connectivity index (χ3n) is 2.17. The molecule has 0 aromatic carbocycles. The summed E-state index contributed by atoms with van der Waals surface area (Å²) in [5.41, 5.74) is 0. The zero-order valence-electron chi connectivity index (χ0n) is 9.01. The SMILES string of the molecule is CC(C)COC(=O)N[C@H]1CCCNC1. The van der Waals surface area contributed by atoms with Gasteiger partial charge in [-0.15, -0.1) is 0 Å². The van der Waals surface area contributed by atoms with E-state index in [2.05, 4.69) is 10.6 Å². The van der Waals surface area contributed by atoms with E-state index in [-0.39, 0.29) is 12.1 Å². The summed E-state index contributed by atoms with van der Waals surface area (Å²) < 4.78 is 5.03. The molecule has 2 N–H and O–H groups in total. The molecule has 4 heteroatoms. The number of rotatable bonds is 3. The van der Waals surface area contributed by atoms with Crippen molar-refractivity contribution in [2.45, 2.75) is 32.7 Å². The maximum atomic E-state index is 11.3. The molecule has 1 aliphatic heterocycles. The van der Waals surface area contributed by atoms with E-state index in [4.69, 9.17) is 4.74 Å².